The van der Waals surface area contributed by atoms with Crippen molar-refractivity contribution >= 4 is 35.1 Å². The van der Waals surface area contributed by atoms with Crippen LogP contribution in [0.5, 0.6) is 5.88 Å². The highest BCUT2D eigenvalue weighted by molar-refractivity contribution is 6.32. The van der Waals surface area contributed by atoms with Crippen LogP contribution in [0.2, 0.25) is 10.2 Å². The number of pyridine rings is 1. The van der Waals surface area contributed by atoms with E-state index < -0.39 is 17.4 Å². The highest BCUT2D eigenvalue weighted by Gasteiger charge is 2.40. The Morgan fingerprint density at radius 2 is 1.94 bits per heavy atom. The number of rotatable bonds is 5. The van der Waals surface area contributed by atoms with Gasteiger partial charge in [-0.2, -0.15) is 0 Å². The maximum Gasteiger partial charge on any atom is 0.412 e. The first-order chi connectivity index (χ1) is 15.4. The second-order valence-corrected chi connectivity index (χ2v) is 9.68. The van der Waals surface area contributed by atoms with E-state index in [4.69, 9.17) is 32.7 Å². The summed E-state index contributed by atoms with van der Waals surface area (Å²) in [5, 5.41) is 11.7. The van der Waals surface area contributed by atoms with E-state index in [1.54, 1.807) is 46.3 Å². The van der Waals surface area contributed by atoms with Crippen LogP contribution in [0, 0.1) is 0 Å². The van der Waals surface area contributed by atoms with E-state index in [1.165, 1.54) is 12.0 Å². The minimum atomic E-state index is -1.30. The average Bonchev–Trinajstić information content (AvgIpc) is 2.75. The van der Waals surface area contributed by atoms with Crippen LogP contribution in [0.3, 0.4) is 0 Å². The molecule has 33 heavy (non-hydrogen) atoms. The molecule has 1 aliphatic heterocycles. The summed E-state index contributed by atoms with van der Waals surface area (Å²) in [7, 11) is 3.05. The van der Waals surface area contributed by atoms with Gasteiger partial charge in [-0.3, -0.25) is 9.88 Å². The van der Waals surface area contributed by atoms with E-state index in [0.29, 0.717) is 54.8 Å². The van der Waals surface area contributed by atoms with Crippen molar-refractivity contribution in [2.24, 2.45) is 0 Å². The molecule has 0 atom stereocenters. The molecule has 1 aliphatic rings. The fourth-order valence-corrected chi connectivity index (χ4v) is 3.96. The molecule has 180 valence electrons. The number of anilines is 1. The van der Waals surface area contributed by atoms with Crippen molar-refractivity contribution < 1.29 is 19.4 Å². The lowest BCUT2D eigenvalue weighted by molar-refractivity contribution is -0.109. The summed E-state index contributed by atoms with van der Waals surface area (Å²) in [6.07, 6.45) is 3.74. The number of methoxy groups -OCH3 is 1. The Labute approximate surface area is 203 Å². The zero-order valence-electron chi connectivity index (χ0n) is 19.4. The normalized spacial score (nSPS) is 15.8. The Hall–Kier alpha value is -2.36. The fraction of sp³-hybridized carbons (Fsp3) is 0.545. The van der Waals surface area contributed by atoms with Crippen LogP contribution in [-0.2, 0) is 11.2 Å². The number of aliphatic hydroxyl groups is 1. The molecule has 0 saturated carbocycles. The van der Waals surface area contributed by atoms with Crippen molar-refractivity contribution in [3.8, 4) is 5.88 Å². The van der Waals surface area contributed by atoms with Crippen LogP contribution in [0.25, 0.3) is 0 Å². The summed E-state index contributed by atoms with van der Waals surface area (Å²) in [6.45, 7) is 6.31. The van der Waals surface area contributed by atoms with Gasteiger partial charge in [-0.05, 0) is 32.4 Å². The van der Waals surface area contributed by atoms with Crippen molar-refractivity contribution in [2.45, 2.75) is 51.4 Å². The van der Waals surface area contributed by atoms with Crippen LogP contribution in [0.1, 0.15) is 44.9 Å². The van der Waals surface area contributed by atoms with Gasteiger partial charge < -0.3 is 19.5 Å². The Morgan fingerprint density at radius 3 is 2.52 bits per heavy atom. The third kappa shape index (κ3) is 5.96. The summed E-state index contributed by atoms with van der Waals surface area (Å²) >= 11 is 12.8. The maximum atomic E-state index is 12.4. The number of piperidine rings is 1. The van der Waals surface area contributed by atoms with E-state index in [0.717, 1.165) is 5.56 Å². The van der Waals surface area contributed by atoms with Gasteiger partial charge in [0.15, 0.2) is 5.15 Å². The number of hydrogen-bond donors (Lipinski definition) is 1. The average molecular weight is 498 g/mol. The standard InChI is InChI=1S/C22H29Cl2N5O4/c1-21(2,3)33-20(30)28(4)22(31)7-10-29(11-8-22)16-13-26-15(18(24)27-16)12-14-6-9-25-19(32-5)17(14)23/h6,9,13,31H,7-8,10-12H2,1-5H3. The summed E-state index contributed by atoms with van der Waals surface area (Å²) in [5.41, 5.74) is -0.579. The van der Waals surface area contributed by atoms with Gasteiger partial charge in [0, 0.05) is 45.6 Å². The molecule has 0 radical (unpaired) electrons. The molecule has 2 aromatic heterocycles. The van der Waals surface area contributed by atoms with E-state index in [-0.39, 0.29) is 5.15 Å². The van der Waals surface area contributed by atoms with Crippen molar-refractivity contribution in [3.63, 3.8) is 0 Å². The second-order valence-electron chi connectivity index (χ2n) is 8.94. The molecule has 0 aromatic carbocycles. The van der Waals surface area contributed by atoms with E-state index in [2.05, 4.69) is 15.0 Å². The Bertz CT molecular complexity index is 1010. The SMILES string of the molecule is COc1nccc(Cc2ncc(N3CCC(O)(N(C)C(=O)OC(C)(C)C)CC3)nc2Cl)c1Cl. The van der Waals surface area contributed by atoms with Gasteiger partial charge in [0.25, 0.3) is 0 Å². The van der Waals surface area contributed by atoms with Gasteiger partial charge in [0.1, 0.15) is 22.2 Å². The number of halogens is 2. The van der Waals surface area contributed by atoms with Crippen molar-refractivity contribution in [2.75, 3.05) is 32.1 Å². The zero-order valence-corrected chi connectivity index (χ0v) is 20.9. The smallest absolute Gasteiger partial charge is 0.412 e. The van der Waals surface area contributed by atoms with E-state index in [9.17, 15) is 9.90 Å². The van der Waals surface area contributed by atoms with Gasteiger partial charge in [-0.1, -0.05) is 23.2 Å². The first-order valence-corrected chi connectivity index (χ1v) is 11.3. The molecule has 0 unspecified atom stereocenters. The van der Waals surface area contributed by atoms with Crippen LogP contribution in [-0.4, -0.2) is 69.6 Å². The van der Waals surface area contributed by atoms with Crippen LogP contribution < -0.4 is 9.64 Å². The summed E-state index contributed by atoms with van der Waals surface area (Å²) in [4.78, 5) is 28.7. The summed E-state index contributed by atoms with van der Waals surface area (Å²) in [5.74, 6) is 0.941. The largest absolute Gasteiger partial charge is 0.480 e. The topological polar surface area (TPSA) is 101 Å². The van der Waals surface area contributed by atoms with E-state index >= 15 is 0 Å². The molecule has 0 aliphatic carbocycles. The molecular weight excluding hydrogens is 469 g/mol. The number of carbonyl (C=O) groups is 1. The van der Waals surface area contributed by atoms with E-state index in [1.807, 2.05) is 4.90 Å². The van der Waals surface area contributed by atoms with Gasteiger partial charge in [0.2, 0.25) is 5.88 Å². The lowest BCUT2D eigenvalue weighted by Crippen LogP contribution is -2.57. The Kier molecular flexibility index (Phi) is 7.55. The summed E-state index contributed by atoms with van der Waals surface area (Å²) in [6, 6.07) is 1.78. The zero-order chi connectivity index (χ0) is 24.4. The number of nitrogens with zero attached hydrogens (tertiary/aromatic N) is 5. The van der Waals surface area contributed by atoms with Gasteiger partial charge in [0.05, 0.1) is 19.0 Å². The highest BCUT2D eigenvalue weighted by Crippen LogP contribution is 2.31. The highest BCUT2D eigenvalue weighted by atomic mass is 35.5. The molecule has 2 aromatic rings. The molecule has 3 heterocycles. The van der Waals surface area contributed by atoms with Crippen LogP contribution in [0.4, 0.5) is 10.6 Å². The van der Waals surface area contributed by atoms with Crippen LogP contribution in [0.15, 0.2) is 18.5 Å². The van der Waals surface area contributed by atoms with Crippen molar-refractivity contribution in [1.29, 1.82) is 0 Å². The predicted molar refractivity (Wildman–Crippen MR) is 126 cm³/mol. The van der Waals surface area contributed by atoms with Gasteiger partial charge in [-0.15, -0.1) is 0 Å². The van der Waals surface area contributed by atoms with Crippen molar-refractivity contribution in [1.82, 2.24) is 19.9 Å². The molecule has 0 spiro atoms. The Morgan fingerprint density at radius 1 is 1.27 bits per heavy atom. The number of hydrogen-bond acceptors (Lipinski definition) is 8. The molecular formula is C22H29Cl2N5O4. The minimum absolute atomic E-state index is 0.269. The first-order valence-electron chi connectivity index (χ1n) is 10.6. The molecule has 1 saturated heterocycles. The number of amides is 1. The molecule has 9 nitrogen and oxygen atoms in total. The molecule has 1 fully saturated rings. The maximum absolute atomic E-state index is 12.4. The van der Waals surface area contributed by atoms with Gasteiger partial charge >= 0.3 is 6.09 Å². The molecule has 1 N–H and O–H groups in total. The third-order valence-corrected chi connectivity index (χ3v) is 6.16. The lowest BCUT2D eigenvalue weighted by Gasteiger charge is -2.43. The molecule has 0 bridgehead atoms. The summed E-state index contributed by atoms with van der Waals surface area (Å²) < 4.78 is 10.5. The number of aromatic nitrogens is 3. The monoisotopic (exact) mass is 497 g/mol. The fourth-order valence-electron chi connectivity index (χ4n) is 3.50. The second kappa shape index (κ2) is 9.87. The van der Waals surface area contributed by atoms with Crippen LogP contribution >= 0.6 is 23.2 Å². The third-order valence-electron chi connectivity index (χ3n) is 5.46. The first kappa shape index (κ1) is 25.3. The lowest BCUT2D eigenvalue weighted by atomic mass is 9.99. The number of ether oxygens (including phenoxy) is 2. The minimum Gasteiger partial charge on any atom is -0.480 e. The predicted octanol–water partition coefficient (Wildman–Crippen LogP) is 3.93. The van der Waals surface area contributed by atoms with Gasteiger partial charge in [-0.25, -0.2) is 14.8 Å². The number of carbonyl (C=O) groups excluding carboxylic acids is 1. The molecule has 3 rings (SSSR count). The van der Waals surface area contributed by atoms with Crippen molar-refractivity contribution in [3.05, 3.63) is 39.9 Å². The Balaban J connectivity index is 1.66. The molecule has 11 heteroatoms. The molecule has 1 amide bonds. The quantitative estimate of drug-likeness (QED) is 0.619.